The second-order valence-electron chi connectivity index (χ2n) is 6.39. The molecule has 1 aliphatic carbocycles. The van der Waals surface area contributed by atoms with Crippen LogP contribution in [0.3, 0.4) is 0 Å². The highest BCUT2D eigenvalue weighted by molar-refractivity contribution is 5.80. The summed E-state index contributed by atoms with van der Waals surface area (Å²) in [5.41, 5.74) is 1.01. The highest BCUT2D eigenvalue weighted by atomic mass is 16.5. The van der Waals surface area contributed by atoms with Gasteiger partial charge < -0.3 is 25.4 Å². The number of nitrogens with one attached hydrogen (secondary N) is 3. The van der Waals surface area contributed by atoms with Crippen LogP contribution in [0.15, 0.2) is 23.2 Å². The molecular formula is C19H30N4O3. The quantitative estimate of drug-likeness (QED) is 0.460. The summed E-state index contributed by atoms with van der Waals surface area (Å²) >= 11 is 0. The van der Waals surface area contributed by atoms with Crippen LogP contribution in [0.5, 0.6) is 11.5 Å². The molecule has 0 heterocycles. The molecule has 144 valence electrons. The van der Waals surface area contributed by atoms with Gasteiger partial charge >= 0.3 is 0 Å². The number of methoxy groups -OCH3 is 1. The summed E-state index contributed by atoms with van der Waals surface area (Å²) in [6.45, 7) is 8.05. The van der Waals surface area contributed by atoms with E-state index in [9.17, 15) is 4.79 Å². The molecular weight excluding hydrogens is 332 g/mol. The highest BCUT2D eigenvalue weighted by Gasteiger charge is 2.33. The number of guanidine groups is 1. The van der Waals surface area contributed by atoms with Crippen molar-refractivity contribution in [2.24, 2.45) is 10.9 Å². The van der Waals surface area contributed by atoms with Crippen molar-refractivity contribution in [3.05, 3.63) is 23.8 Å². The Morgan fingerprint density at radius 2 is 1.96 bits per heavy atom. The van der Waals surface area contributed by atoms with Crippen LogP contribution in [-0.2, 0) is 11.3 Å². The van der Waals surface area contributed by atoms with Gasteiger partial charge in [-0.1, -0.05) is 13.0 Å². The van der Waals surface area contributed by atoms with Crippen molar-refractivity contribution in [3.63, 3.8) is 0 Å². The van der Waals surface area contributed by atoms with Gasteiger partial charge in [0.2, 0.25) is 0 Å². The van der Waals surface area contributed by atoms with Crippen molar-refractivity contribution in [2.45, 2.75) is 39.8 Å². The second kappa shape index (κ2) is 9.89. The van der Waals surface area contributed by atoms with E-state index in [1.807, 2.05) is 25.1 Å². The summed E-state index contributed by atoms with van der Waals surface area (Å²) in [4.78, 5) is 16.2. The van der Waals surface area contributed by atoms with Gasteiger partial charge in [-0.05, 0) is 43.9 Å². The Hall–Kier alpha value is -2.44. The lowest BCUT2D eigenvalue weighted by Gasteiger charge is -2.13. The number of aliphatic imine (C=N–C) groups is 1. The zero-order chi connectivity index (χ0) is 18.9. The average Bonchev–Trinajstić information content (AvgIpc) is 3.33. The van der Waals surface area contributed by atoms with Crippen molar-refractivity contribution in [1.82, 2.24) is 16.0 Å². The fourth-order valence-electron chi connectivity index (χ4n) is 2.51. The maximum atomic E-state index is 11.5. The van der Waals surface area contributed by atoms with Crippen molar-refractivity contribution >= 4 is 11.9 Å². The number of rotatable bonds is 9. The molecule has 1 aliphatic rings. The van der Waals surface area contributed by atoms with E-state index in [4.69, 9.17) is 9.47 Å². The zero-order valence-electron chi connectivity index (χ0n) is 16.1. The SMILES string of the molecule is CCNC(=O)COc1ccc(CN=C(NCC)NC2CC2C)cc1OC. The molecule has 0 bridgehead atoms. The molecule has 0 spiro atoms. The van der Waals surface area contributed by atoms with Gasteiger partial charge in [-0.25, -0.2) is 4.99 Å². The maximum absolute atomic E-state index is 11.5. The zero-order valence-corrected chi connectivity index (χ0v) is 16.1. The van der Waals surface area contributed by atoms with Crippen LogP contribution in [0.4, 0.5) is 0 Å². The first kappa shape index (κ1) is 19.9. The summed E-state index contributed by atoms with van der Waals surface area (Å²) < 4.78 is 10.9. The summed E-state index contributed by atoms with van der Waals surface area (Å²) in [5.74, 6) is 2.52. The molecule has 2 rings (SSSR count). The van der Waals surface area contributed by atoms with E-state index in [-0.39, 0.29) is 12.5 Å². The Morgan fingerprint density at radius 1 is 1.23 bits per heavy atom. The predicted molar refractivity (Wildman–Crippen MR) is 103 cm³/mol. The molecule has 26 heavy (non-hydrogen) atoms. The molecule has 0 aliphatic heterocycles. The minimum atomic E-state index is -0.154. The number of amides is 1. The molecule has 1 amide bonds. The van der Waals surface area contributed by atoms with Gasteiger partial charge in [0.1, 0.15) is 0 Å². The van der Waals surface area contributed by atoms with E-state index >= 15 is 0 Å². The van der Waals surface area contributed by atoms with Crippen molar-refractivity contribution in [2.75, 3.05) is 26.8 Å². The smallest absolute Gasteiger partial charge is 0.257 e. The number of hydrogen-bond acceptors (Lipinski definition) is 4. The number of hydrogen-bond donors (Lipinski definition) is 3. The van der Waals surface area contributed by atoms with Gasteiger partial charge in [-0.15, -0.1) is 0 Å². The van der Waals surface area contributed by atoms with Crippen LogP contribution in [0.2, 0.25) is 0 Å². The average molecular weight is 362 g/mol. The van der Waals surface area contributed by atoms with Gasteiger partial charge in [0.15, 0.2) is 24.1 Å². The molecule has 0 saturated heterocycles. The minimum absolute atomic E-state index is 0.0320. The topological polar surface area (TPSA) is 84.0 Å². The summed E-state index contributed by atoms with van der Waals surface area (Å²) in [6.07, 6.45) is 1.19. The molecule has 2 atom stereocenters. The normalized spacial score (nSPS) is 18.8. The third-order valence-electron chi connectivity index (χ3n) is 4.16. The van der Waals surface area contributed by atoms with E-state index < -0.39 is 0 Å². The number of carbonyl (C=O) groups is 1. The number of nitrogens with zero attached hydrogens (tertiary/aromatic N) is 1. The summed E-state index contributed by atoms with van der Waals surface area (Å²) in [6, 6.07) is 6.15. The lowest BCUT2D eigenvalue weighted by Crippen LogP contribution is -2.39. The summed E-state index contributed by atoms with van der Waals surface area (Å²) in [7, 11) is 1.58. The lowest BCUT2D eigenvalue weighted by atomic mass is 10.2. The highest BCUT2D eigenvalue weighted by Crippen LogP contribution is 2.29. The van der Waals surface area contributed by atoms with Crippen molar-refractivity contribution in [1.29, 1.82) is 0 Å². The van der Waals surface area contributed by atoms with Crippen molar-refractivity contribution < 1.29 is 14.3 Å². The van der Waals surface area contributed by atoms with E-state index in [1.165, 1.54) is 6.42 Å². The minimum Gasteiger partial charge on any atom is -0.493 e. The van der Waals surface area contributed by atoms with E-state index in [2.05, 4.69) is 34.8 Å². The van der Waals surface area contributed by atoms with Gasteiger partial charge in [-0.2, -0.15) is 0 Å². The number of benzene rings is 1. The first-order valence-electron chi connectivity index (χ1n) is 9.18. The van der Waals surface area contributed by atoms with Gasteiger partial charge in [-0.3, -0.25) is 4.79 Å². The first-order chi connectivity index (χ1) is 12.6. The Kier molecular flexibility index (Phi) is 7.56. The number of carbonyl (C=O) groups excluding carboxylic acids is 1. The maximum Gasteiger partial charge on any atom is 0.257 e. The van der Waals surface area contributed by atoms with Gasteiger partial charge in [0.05, 0.1) is 13.7 Å². The Balaban J connectivity index is 1.98. The molecule has 1 fully saturated rings. The third kappa shape index (κ3) is 6.13. The Morgan fingerprint density at radius 3 is 2.58 bits per heavy atom. The molecule has 3 N–H and O–H groups in total. The number of likely N-dealkylation sites (N-methyl/N-ethyl adjacent to an activating group) is 1. The number of ether oxygens (including phenoxy) is 2. The van der Waals surface area contributed by atoms with Crippen LogP contribution < -0.4 is 25.4 Å². The molecule has 1 aromatic rings. The largest absolute Gasteiger partial charge is 0.493 e. The van der Waals surface area contributed by atoms with E-state index in [1.54, 1.807) is 7.11 Å². The van der Waals surface area contributed by atoms with E-state index in [0.29, 0.717) is 36.5 Å². The fraction of sp³-hybridized carbons (Fsp3) is 0.579. The van der Waals surface area contributed by atoms with Crippen LogP contribution in [0, 0.1) is 5.92 Å². The third-order valence-corrected chi connectivity index (χ3v) is 4.16. The fourth-order valence-corrected chi connectivity index (χ4v) is 2.51. The van der Waals surface area contributed by atoms with Crippen LogP contribution >= 0.6 is 0 Å². The molecule has 7 heteroatoms. The molecule has 1 saturated carbocycles. The Bertz CT molecular complexity index is 633. The van der Waals surface area contributed by atoms with Crippen LogP contribution in [0.25, 0.3) is 0 Å². The van der Waals surface area contributed by atoms with Gasteiger partial charge in [0, 0.05) is 19.1 Å². The standard InChI is InChI=1S/C19H30N4O3/c1-5-20-18(24)12-26-16-8-7-14(10-17(16)25-4)11-22-19(21-6-2)23-15-9-13(15)3/h7-8,10,13,15H,5-6,9,11-12H2,1-4H3,(H,20,24)(H2,21,22,23). The molecule has 1 aromatic carbocycles. The second-order valence-corrected chi connectivity index (χ2v) is 6.39. The van der Waals surface area contributed by atoms with Crippen molar-refractivity contribution in [3.8, 4) is 11.5 Å². The van der Waals surface area contributed by atoms with E-state index in [0.717, 1.165) is 18.1 Å². The van der Waals surface area contributed by atoms with Crippen LogP contribution in [0.1, 0.15) is 32.8 Å². The molecule has 7 nitrogen and oxygen atoms in total. The van der Waals surface area contributed by atoms with Crippen LogP contribution in [-0.4, -0.2) is 44.7 Å². The molecule has 0 radical (unpaired) electrons. The Labute approximate surface area is 155 Å². The summed E-state index contributed by atoms with van der Waals surface area (Å²) in [5, 5.41) is 9.40. The molecule has 2 unspecified atom stereocenters. The molecule has 0 aromatic heterocycles. The van der Waals surface area contributed by atoms with Gasteiger partial charge in [0.25, 0.3) is 5.91 Å². The first-order valence-corrected chi connectivity index (χ1v) is 9.18. The predicted octanol–water partition coefficient (Wildman–Crippen LogP) is 1.67. The lowest BCUT2D eigenvalue weighted by molar-refractivity contribution is -0.123. The monoisotopic (exact) mass is 362 g/mol.